The van der Waals surface area contributed by atoms with Gasteiger partial charge in [0, 0.05) is 9.13 Å². The molecule has 0 aliphatic carbocycles. The topological polar surface area (TPSA) is 0 Å². The smallest absolute Gasteiger partial charge is 0.194 e. The van der Waals surface area contributed by atoms with Crippen molar-refractivity contribution in [2.24, 2.45) is 0 Å². The molecule has 0 unspecified atom stereocenters. The molecule has 0 saturated carbocycles. The van der Waals surface area contributed by atoms with Crippen LogP contribution in [0.15, 0.2) is 78.9 Å². The number of hydrogen-bond donors (Lipinski definition) is 0. The minimum absolute atomic E-state index is 0.0309. The summed E-state index contributed by atoms with van der Waals surface area (Å²) in [6, 6.07) is 22.7. The lowest BCUT2D eigenvalue weighted by Gasteiger charge is -2.09. The molecule has 0 nitrogen and oxygen atoms in total. The van der Waals surface area contributed by atoms with E-state index >= 15 is 0 Å². The first-order valence-corrected chi connectivity index (χ1v) is 10.8. The second-order valence-corrected chi connectivity index (χ2v) is 8.52. The van der Waals surface area contributed by atoms with Gasteiger partial charge >= 0.3 is 0 Å². The van der Waals surface area contributed by atoms with Crippen LogP contribution in [0.5, 0.6) is 0 Å². The molecule has 0 aliphatic rings. The highest BCUT2D eigenvalue weighted by molar-refractivity contribution is 14.1. The zero-order chi connectivity index (χ0) is 22.0. The molecule has 0 fully saturated rings. The van der Waals surface area contributed by atoms with Gasteiger partial charge in [-0.3, -0.25) is 0 Å². The molecule has 156 valence electrons. The molecule has 0 aliphatic heterocycles. The van der Waals surface area contributed by atoms with Gasteiger partial charge in [-0.15, -0.1) is 0 Å². The maximum Gasteiger partial charge on any atom is 0.194 e. The number of hydrogen-bond acceptors (Lipinski definition) is 0. The van der Waals surface area contributed by atoms with E-state index in [1.54, 1.807) is 6.07 Å². The first kappa shape index (κ1) is 21.6. The summed E-state index contributed by atoms with van der Waals surface area (Å²) in [5.74, 6) is -4.84. The molecule has 0 atom stereocenters. The molecule has 0 aromatic heterocycles. The van der Waals surface area contributed by atoms with Crippen LogP contribution in [-0.4, -0.2) is 0 Å². The van der Waals surface area contributed by atoms with Gasteiger partial charge in [-0.1, -0.05) is 48.5 Å². The van der Waals surface area contributed by atoms with E-state index in [0.717, 1.165) is 40.8 Å². The molecule has 0 bridgehead atoms. The summed E-state index contributed by atoms with van der Waals surface area (Å²) >= 11 is 2.27. The van der Waals surface area contributed by atoms with Gasteiger partial charge in [-0.25, -0.2) is 17.6 Å². The van der Waals surface area contributed by atoms with Crippen LogP contribution in [0.1, 0.15) is 11.1 Å². The third-order valence-corrected chi connectivity index (χ3v) is 5.88. The van der Waals surface area contributed by atoms with E-state index in [1.807, 2.05) is 0 Å². The second kappa shape index (κ2) is 9.22. The first-order valence-electron chi connectivity index (χ1n) is 9.69. The van der Waals surface area contributed by atoms with Gasteiger partial charge < -0.3 is 0 Å². The Bertz CT molecular complexity index is 1190. The average Bonchev–Trinajstić information content (AvgIpc) is 2.77. The van der Waals surface area contributed by atoms with E-state index in [2.05, 4.69) is 71.1 Å². The van der Waals surface area contributed by atoms with Crippen LogP contribution in [-0.2, 0) is 12.8 Å². The highest BCUT2D eigenvalue weighted by Crippen LogP contribution is 2.27. The summed E-state index contributed by atoms with van der Waals surface area (Å²) < 4.78 is 55.8. The molecule has 0 N–H and O–H groups in total. The van der Waals surface area contributed by atoms with Crippen molar-refractivity contribution in [1.82, 2.24) is 0 Å². The minimum Gasteiger partial charge on any atom is -0.206 e. The summed E-state index contributed by atoms with van der Waals surface area (Å²) in [5, 5.41) is 0. The molecular weight excluding hydrogens is 515 g/mol. The Morgan fingerprint density at radius 3 is 1.61 bits per heavy atom. The van der Waals surface area contributed by atoms with Crippen molar-refractivity contribution in [3.05, 3.63) is 117 Å². The SMILES string of the molecule is Fc1cc(CCc2ccc(-c3ccc(I)cc3)cc2)ccc1-c1cc(F)c(F)c(F)c1. The van der Waals surface area contributed by atoms with Crippen LogP contribution in [0.3, 0.4) is 0 Å². The molecule has 4 aromatic carbocycles. The van der Waals surface area contributed by atoms with Crippen LogP contribution >= 0.6 is 22.6 Å². The van der Waals surface area contributed by atoms with E-state index in [4.69, 9.17) is 0 Å². The quantitative estimate of drug-likeness (QED) is 0.139. The summed E-state index contributed by atoms with van der Waals surface area (Å²) in [6.07, 6.45) is 1.35. The molecule has 0 amide bonds. The Morgan fingerprint density at radius 2 is 1.03 bits per heavy atom. The fourth-order valence-corrected chi connectivity index (χ4v) is 3.81. The predicted octanol–water partition coefficient (Wildman–Crippen LogP) is 7.97. The third kappa shape index (κ3) is 4.98. The minimum atomic E-state index is -1.56. The van der Waals surface area contributed by atoms with E-state index in [1.165, 1.54) is 15.7 Å². The monoisotopic (exact) mass is 532 g/mol. The van der Waals surface area contributed by atoms with Gasteiger partial charge in [-0.2, -0.15) is 0 Å². The zero-order valence-electron chi connectivity index (χ0n) is 16.3. The number of aryl methyl sites for hydroxylation is 2. The molecule has 4 rings (SSSR count). The second-order valence-electron chi connectivity index (χ2n) is 7.27. The molecule has 0 spiro atoms. The molecule has 4 aromatic rings. The van der Waals surface area contributed by atoms with Crippen molar-refractivity contribution >= 4 is 22.6 Å². The molecule has 31 heavy (non-hydrogen) atoms. The molecule has 0 radical (unpaired) electrons. The maximum atomic E-state index is 14.6. The van der Waals surface area contributed by atoms with Crippen molar-refractivity contribution in [3.8, 4) is 22.3 Å². The van der Waals surface area contributed by atoms with E-state index < -0.39 is 23.3 Å². The summed E-state index contributed by atoms with van der Waals surface area (Å²) in [7, 11) is 0. The van der Waals surface area contributed by atoms with Crippen molar-refractivity contribution in [2.75, 3.05) is 0 Å². The number of halogens is 5. The van der Waals surface area contributed by atoms with Crippen LogP contribution in [0, 0.1) is 26.8 Å². The molecule has 0 saturated heterocycles. The normalized spacial score (nSPS) is 11.0. The Hall–Kier alpha value is -2.67. The number of benzene rings is 4. The lowest BCUT2D eigenvalue weighted by molar-refractivity contribution is 0.447. The Labute approximate surface area is 191 Å². The van der Waals surface area contributed by atoms with Gasteiger partial charge in [0.1, 0.15) is 5.82 Å². The predicted molar refractivity (Wildman–Crippen MR) is 124 cm³/mol. The molecule has 5 heteroatoms. The largest absolute Gasteiger partial charge is 0.206 e. The van der Waals surface area contributed by atoms with Crippen LogP contribution in [0.2, 0.25) is 0 Å². The van der Waals surface area contributed by atoms with Gasteiger partial charge in [0.05, 0.1) is 0 Å². The van der Waals surface area contributed by atoms with Crippen LogP contribution in [0.4, 0.5) is 17.6 Å². The third-order valence-electron chi connectivity index (χ3n) is 5.16. The van der Waals surface area contributed by atoms with Gasteiger partial charge in [0.2, 0.25) is 0 Å². The van der Waals surface area contributed by atoms with Crippen molar-refractivity contribution in [2.45, 2.75) is 12.8 Å². The van der Waals surface area contributed by atoms with Crippen LogP contribution in [0.25, 0.3) is 22.3 Å². The molecular formula is C26H17F4I. The van der Waals surface area contributed by atoms with E-state index in [-0.39, 0.29) is 11.1 Å². The van der Waals surface area contributed by atoms with Crippen molar-refractivity contribution < 1.29 is 17.6 Å². The summed E-state index contributed by atoms with van der Waals surface area (Å²) in [4.78, 5) is 0. The van der Waals surface area contributed by atoms with Gasteiger partial charge in [0.15, 0.2) is 17.5 Å². The maximum absolute atomic E-state index is 14.6. The standard InChI is InChI=1S/C26H17F4I/c27-23-13-17(5-12-22(23)20-14-24(28)26(30)25(29)15-20)2-1-16-3-6-18(7-4-16)19-8-10-21(31)11-9-19/h3-15H,1-2H2. The summed E-state index contributed by atoms with van der Waals surface area (Å²) in [6.45, 7) is 0. The highest BCUT2D eigenvalue weighted by atomic mass is 127. The Balaban J connectivity index is 1.46. The fourth-order valence-electron chi connectivity index (χ4n) is 3.45. The number of rotatable bonds is 5. The first-order chi connectivity index (χ1) is 14.9. The lowest BCUT2D eigenvalue weighted by Crippen LogP contribution is -1.96. The Morgan fingerprint density at radius 1 is 0.516 bits per heavy atom. The van der Waals surface area contributed by atoms with Crippen molar-refractivity contribution in [1.29, 1.82) is 0 Å². The van der Waals surface area contributed by atoms with E-state index in [9.17, 15) is 17.6 Å². The molecule has 0 heterocycles. The fraction of sp³-hybridized carbons (Fsp3) is 0.0769. The van der Waals surface area contributed by atoms with Gasteiger partial charge in [0.25, 0.3) is 0 Å². The highest BCUT2D eigenvalue weighted by Gasteiger charge is 2.14. The van der Waals surface area contributed by atoms with E-state index in [0.29, 0.717) is 6.42 Å². The zero-order valence-corrected chi connectivity index (χ0v) is 18.5. The average molecular weight is 532 g/mol. The van der Waals surface area contributed by atoms with Crippen molar-refractivity contribution in [3.63, 3.8) is 0 Å². The van der Waals surface area contributed by atoms with Crippen LogP contribution < -0.4 is 0 Å². The Kier molecular flexibility index (Phi) is 6.41. The summed E-state index contributed by atoms with van der Waals surface area (Å²) in [5.41, 5.74) is 4.18. The lowest BCUT2D eigenvalue weighted by atomic mass is 9.98. The van der Waals surface area contributed by atoms with Gasteiger partial charge in [-0.05, 0) is 93.6 Å².